The van der Waals surface area contributed by atoms with E-state index in [0.717, 1.165) is 16.7 Å². The van der Waals surface area contributed by atoms with Gasteiger partial charge in [-0.2, -0.15) is 0 Å². The van der Waals surface area contributed by atoms with Crippen LogP contribution >= 0.6 is 0 Å². The molecule has 0 bridgehead atoms. The molecular weight excluding hydrogens is 344 g/mol. The molecular formula is C20H20N4O3. The lowest BCUT2D eigenvalue weighted by Crippen LogP contribution is -2.34. The van der Waals surface area contributed by atoms with Gasteiger partial charge in [-0.3, -0.25) is 14.6 Å². The van der Waals surface area contributed by atoms with Gasteiger partial charge in [0.25, 0.3) is 0 Å². The molecule has 7 nitrogen and oxygen atoms in total. The van der Waals surface area contributed by atoms with Crippen LogP contribution in [0.4, 0.5) is 0 Å². The number of oxazole rings is 1. The largest absolute Gasteiger partial charge is 0.441 e. The number of nitrogens with one attached hydrogen (secondary N) is 1. The smallest absolute Gasteiger partial charge is 0.225 e. The highest BCUT2D eigenvalue weighted by Crippen LogP contribution is 2.20. The third-order valence-electron chi connectivity index (χ3n) is 4.66. The predicted octanol–water partition coefficient (Wildman–Crippen LogP) is 1.93. The van der Waals surface area contributed by atoms with Gasteiger partial charge in [0.2, 0.25) is 11.8 Å². The number of pyridine rings is 1. The molecule has 1 fully saturated rings. The minimum Gasteiger partial charge on any atom is -0.441 e. The summed E-state index contributed by atoms with van der Waals surface area (Å²) < 4.78 is 5.65. The van der Waals surface area contributed by atoms with Crippen molar-refractivity contribution in [3.8, 4) is 0 Å². The number of carbonyl (C=O) groups excluding carboxylic acids is 2. The molecule has 0 unspecified atom stereocenters. The number of aromatic nitrogens is 2. The Morgan fingerprint density at radius 2 is 2.15 bits per heavy atom. The Balaban J connectivity index is 1.27. The van der Waals surface area contributed by atoms with Crippen molar-refractivity contribution >= 4 is 22.9 Å². The Labute approximate surface area is 156 Å². The number of hydrogen-bond donors (Lipinski definition) is 1. The van der Waals surface area contributed by atoms with E-state index in [1.807, 2.05) is 36.4 Å². The van der Waals surface area contributed by atoms with Crippen LogP contribution in [-0.2, 0) is 22.6 Å². The first-order chi connectivity index (χ1) is 13.2. The quantitative estimate of drug-likeness (QED) is 0.722. The maximum atomic E-state index is 12.4. The fourth-order valence-electron chi connectivity index (χ4n) is 3.28. The van der Waals surface area contributed by atoms with Gasteiger partial charge in [0.05, 0.1) is 5.92 Å². The predicted molar refractivity (Wildman–Crippen MR) is 98.5 cm³/mol. The summed E-state index contributed by atoms with van der Waals surface area (Å²) >= 11 is 0. The fourth-order valence-corrected chi connectivity index (χ4v) is 3.28. The third-order valence-corrected chi connectivity index (χ3v) is 4.66. The number of rotatable bonds is 6. The first kappa shape index (κ1) is 17.2. The van der Waals surface area contributed by atoms with Gasteiger partial charge in [0.1, 0.15) is 5.52 Å². The van der Waals surface area contributed by atoms with Crippen LogP contribution in [0, 0.1) is 5.92 Å². The van der Waals surface area contributed by atoms with Gasteiger partial charge < -0.3 is 14.6 Å². The van der Waals surface area contributed by atoms with Gasteiger partial charge in [0, 0.05) is 44.9 Å². The van der Waals surface area contributed by atoms with Crippen LogP contribution in [0.1, 0.15) is 17.9 Å². The van der Waals surface area contributed by atoms with E-state index in [2.05, 4.69) is 15.3 Å². The SMILES string of the molecule is O=C(NCCc1nc2ccccc2o1)[C@@H]1CC(=O)N(Cc2cccnc2)C1. The maximum Gasteiger partial charge on any atom is 0.225 e. The van der Waals surface area contributed by atoms with Crippen molar-refractivity contribution in [1.82, 2.24) is 20.2 Å². The summed E-state index contributed by atoms with van der Waals surface area (Å²) in [6.45, 7) is 1.35. The highest BCUT2D eigenvalue weighted by molar-refractivity contribution is 5.89. The first-order valence-corrected chi connectivity index (χ1v) is 8.98. The van der Waals surface area contributed by atoms with E-state index in [0.29, 0.717) is 31.9 Å². The maximum absolute atomic E-state index is 12.4. The monoisotopic (exact) mass is 364 g/mol. The van der Waals surface area contributed by atoms with E-state index in [1.165, 1.54) is 0 Å². The molecule has 0 spiro atoms. The van der Waals surface area contributed by atoms with Crippen LogP contribution < -0.4 is 5.32 Å². The fraction of sp³-hybridized carbons (Fsp3) is 0.300. The van der Waals surface area contributed by atoms with Crippen molar-refractivity contribution in [3.05, 3.63) is 60.2 Å². The molecule has 1 N–H and O–H groups in total. The third kappa shape index (κ3) is 3.97. The molecule has 1 aliphatic rings. The number of carbonyl (C=O) groups is 2. The zero-order valence-corrected chi connectivity index (χ0v) is 14.8. The van der Waals surface area contributed by atoms with Gasteiger partial charge in [-0.1, -0.05) is 18.2 Å². The van der Waals surface area contributed by atoms with Gasteiger partial charge in [-0.05, 0) is 23.8 Å². The average Bonchev–Trinajstić information content (AvgIpc) is 3.26. The summed E-state index contributed by atoms with van der Waals surface area (Å²) in [5, 5.41) is 2.89. The van der Waals surface area contributed by atoms with Crippen molar-refractivity contribution in [1.29, 1.82) is 0 Å². The molecule has 1 atom stereocenters. The molecule has 0 aliphatic carbocycles. The molecule has 1 aromatic carbocycles. The Morgan fingerprint density at radius 3 is 2.96 bits per heavy atom. The molecule has 2 aromatic heterocycles. The van der Waals surface area contributed by atoms with Crippen LogP contribution in [0.5, 0.6) is 0 Å². The average molecular weight is 364 g/mol. The summed E-state index contributed by atoms with van der Waals surface area (Å²) in [6, 6.07) is 11.3. The summed E-state index contributed by atoms with van der Waals surface area (Å²) in [7, 11) is 0. The van der Waals surface area contributed by atoms with E-state index < -0.39 is 0 Å². The number of hydrogen-bond acceptors (Lipinski definition) is 5. The zero-order chi connectivity index (χ0) is 18.6. The molecule has 138 valence electrons. The Kier molecular flexibility index (Phi) is 4.82. The summed E-state index contributed by atoms with van der Waals surface area (Å²) in [4.78, 5) is 34.7. The molecule has 0 saturated carbocycles. The van der Waals surface area contributed by atoms with Crippen LogP contribution in [-0.4, -0.2) is 39.8 Å². The molecule has 3 aromatic rings. The molecule has 2 amide bonds. The van der Waals surface area contributed by atoms with Gasteiger partial charge in [-0.15, -0.1) is 0 Å². The van der Waals surface area contributed by atoms with E-state index in [1.54, 1.807) is 17.3 Å². The minimum atomic E-state index is -0.321. The van der Waals surface area contributed by atoms with Crippen molar-refractivity contribution in [2.75, 3.05) is 13.1 Å². The molecule has 4 rings (SSSR count). The minimum absolute atomic E-state index is 0.00189. The van der Waals surface area contributed by atoms with E-state index in [-0.39, 0.29) is 24.2 Å². The second kappa shape index (κ2) is 7.57. The van der Waals surface area contributed by atoms with Gasteiger partial charge in [0.15, 0.2) is 11.5 Å². The lowest BCUT2D eigenvalue weighted by Gasteiger charge is -2.16. The number of likely N-dealkylation sites (tertiary alicyclic amines) is 1. The van der Waals surface area contributed by atoms with Crippen LogP contribution in [0.15, 0.2) is 53.2 Å². The molecule has 3 heterocycles. The molecule has 1 saturated heterocycles. The molecule has 0 radical (unpaired) electrons. The Bertz CT molecular complexity index is 921. The molecule has 7 heteroatoms. The number of nitrogens with zero attached hydrogens (tertiary/aromatic N) is 3. The Hall–Kier alpha value is -3.22. The van der Waals surface area contributed by atoms with Crippen LogP contribution in [0.2, 0.25) is 0 Å². The second-order valence-corrected chi connectivity index (χ2v) is 6.65. The van der Waals surface area contributed by atoms with Gasteiger partial charge >= 0.3 is 0 Å². The van der Waals surface area contributed by atoms with Gasteiger partial charge in [-0.25, -0.2) is 4.98 Å². The summed E-state index contributed by atoms with van der Waals surface area (Å²) in [6.07, 6.45) is 4.19. The summed E-state index contributed by atoms with van der Waals surface area (Å²) in [5.74, 6) is 0.168. The van der Waals surface area contributed by atoms with E-state index in [9.17, 15) is 9.59 Å². The standard InChI is InChI=1S/C20H20N4O3/c25-19-10-15(13-24(19)12-14-4-3-8-21-11-14)20(26)22-9-7-18-23-16-5-1-2-6-17(16)27-18/h1-6,8,11,15H,7,9-10,12-13H2,(H,22,26)/t15-/m1/s1. The van der Waals surface area contributed by atoms with Crippen molar-refractivity contribution in [2.24, 2.45) is 5.92 Å². The molecule has 27 heavy (non-hydrogen) atoms. The van der Waals surface area contributed by atoms with Crippen LogP contribution in [0.25, 0.3) is 11.1 Å². The van der Waals surface area contributed by atoms with E-state index in [4.69, 9.17) is 4.42 Å². The van der Waals surface area contributed by atoms with E-state index >= 15 is 0 Å². The molecule has 1 aliphatic heterocycles. The van der Waals surface area contributed by atoms with Crippen molar-refractivity contribution < 1.29 is 14.0 Å². The van der Waals surface area contributed by atoms with Crippen molar-refractivity contribution in [2.45, 2.75) is 19.4 Å². The summed E-state index contributed by atoms with van der Waals surface area (Å²) in [5.41, 5.74) is 2.51. The van der Waals surface area contributed by atoms with Crippen molar-refractivity contribution in [3.63, 3.8) is 0 Å². The highest BCUT2D eigenvalue weighted by Gasteiger charge is 2.34. The number of para-hydroxylation sites is 2. The second-order valence-electron chi connectivity index (χ2n) is 6.65. The number of amides is 2. The zero-order valence-electron chi connectivity index (χ0n) is 14.8. The number of benzene rings is 1. The van der Waals surface area contributed by atoms with Crippen LogP contribution in [0.3, 0.4) is 0 Å². The highest BCUT2D eigenvalue weighted by atomic mass is 16.3. The topological polar surface area (TPSA) is 88.3 Å². The lowest BCUT2D eigenvalue weighted by molar-refractivity contribution is -0.129. The number of fused-ring (bicyclic) bond motifs is 1. The first-order valence-electron chi connectivity index (χ1n) is 8.98. The lowest BCUT2D eigenvalue weighted by atomic mass is 10.1. The normalized spacial score (nSPS) is 16.8. The Morgan fingerprint density at radius 1 is 1.26 bits per heavy atom.